The average Bonchev–Trinajstić information content (AvgIpc) is 2.81. The number of hydrogen-bond donors (Lipinski definition) is 0. The Labute approximate surface area is 217 Å². The lowest BCUT2D eigenvalue weighted by Crippen LogP contribution is -2.50. The van der Waals surface area contributed by atoms with E-state index in [4.69, 9.17) is 14.2 Å². The lowest BCUT2D eigenvalue weighted by Gasteiger charge is -2.36. The van der Waals surface area contributed by atoms with Crippen LogP contribution < -0.4 is 0 Å². The van der Waals surface area contributed by atoms with Gasteiger partial charge in [-0.2, -0.15) is 0 Å². The number of carbonyl (C=O) groups is 4. The highest BCUT2D eigenvalue weighted by Gasteiger charge is 2.42. The van der Waals surface area contributed by atoms with Gasteiger partial charge in [-0.1, -0.05) is 44.2 Å². The fraction of sp³-hybridized carbons (Fsp3) is 0.615. The molecule has 0 amide bonds. The summed E-state index contributed by atoms with van der Waals surface area (Å²) >= 11 is 3.15. The fourth-order valence-corrected chi connectivity index (χ4v) is 5.61. The van der Waals surface area contributed by atoms with Crippen molar-refractivity contribution >= 4 is 47.5 Å². The van der Waals surface area contributed by atoms with Gasteiger partial charge in [0.15, 0.2) is 18.5 Å². The van der Waals surface area contributed by atoms with Crippen LogP contribution in [-0.4, -0.2) is 58.4 Å². The SMILES string of the molecule is CCSC(SCC)[C@H](OC(=O)C(C)(C)C)[C@@H](OCc1ccccc1)[C@@H](C=O)OC(=O)CCC(C)=O. The quantitative estimate of drug-likeness (QED) is 0.170. The van der Waals surface area contributed by atoms with Crippen molar-refractivity contribution in [3.05, 3.63) is 35.9 Å². The van der Waals surface area contributed by atoms with E-state index in [9.17, 15) is 19.2 Å². The van der Waals surface area contributed by atoms with Crippen LogP contribution >= 0.6 is 23.5 Å². The third-order valence-corrected chi connectivity index (χ3v) is 7.48. The lowest BCUT2D eigenvalue weighted by molar-refractivity contribution is -0.182. The van der Waals surface area contributed by atoms with Crippen LogP contribution in [0.5, 0.6) is 0 Å². The molecule has 0 aliphatic carbocycles. The normalized spacial score (nSPS) is 14.1. The number of hydrogen-bond acceptors (Lipinski definition) is 9. The van der Waals surface area contributed by atoms with Gasteiger partial charge in [0.05, 0.1) is 23.0 Å². The van der Waals surface area contributed by atoms with Gasteiger partial charge in [0.25, 0.3) is 0 Å². The van der Waals surface area contributed by atoms with Crippen LogP contribution in [0.15, 0.2) is 30.3 Å². The molecule has 9 heteroatoms. The maximum Gasteiger partial charge on any atom is 0.311 e. The maximum atomic E-state index is 12.9. The van der Waals surface area contributed by atoms with Crippen LogP contribution in [0.2, 0.25) is 0 Å². The minimum Gasteiger partial charge on any atom is -0.457 e. The Morgan fingerprint density at radius 3 is 2.03 bits per heavy atom. The predicted octanol–water partition coefficient (Wildman–Crippen LogP) is 4.84. The summed E-state index contributed by atoms with van der Waals surface area (Å²) < 4.78 is 17.4. The van der Waals surface area contributed by atoms with Crippen molar-refractivity contribution in [3.8, 4) is 0 Å². The summed E-state index contributed by atoms with van der Waals surface area (Å²) in [5.74, 6) is 0.210. The minimum absolute atomic E-state index is 0.0163. The molecule has 1 aromatic rings. The molecule has 0 aromatic heterocycles. The van der Waals surface area contributed by atoms with E-state index >= 15 is 0 Å². The van der Waals surface area contributed by atoms with Gasteiger partial charge in [0, 0.05) is 6.42 Å². The molecule has 0 radical (unpaired) electrons. The summed E-state index contributed by atoms with van der Waals surface area (Å²) in [4.78, 5) is 48.8. The summed E-state index contributed by atoms with van der Waals surface area (Å²) in [6.45, 7) is 10.8. The summed E-state index contributed by atoms with van der Waals surface area (Å²) in [7, 11) is 0. The van der Waals surface area contributed by atoms with E-state index in [1.807, 2.05) is 44.2 Å². The summed E-state index contributed by atoms with van der Waals surface area (Å²) in [6.07, 6.45) is -2.84. The number of ether oxygens (including phenoxy) is 3. The van der Waals surface area contributed by atoms with Crippen molar-refractivity contribution in [2.45, 2.75) is 83.9 Å². The third-order valence-electron chi connectivity index (χ3n) is 4.80. The number of esters is 2. The van der Waals surface area contributed by atoms with Crippen LogP contribution in [0.1, 0.15) is 59.9 Å². The number of ketones is 1. The standard InChI is InChI=1S/C26H38O7S2/c1-7-34-24(35-8-2)23(33-25(30)26(4,5)6)22(31-17-19-12-10-9-11-13-19)20(16-27)32-21(29)15-14-18(3)28/h9-13,16,20,22-24H,7-8,14-15,17H2,1-6H3/t20-,22+,23-/m1/s1. The first kappa shape index (κ1) is 31.2. The Kier molecular flexibility index (Phi) is 14.3. The van der Waals surface area contributed by atoms with Crippen LogP contribution in [0.4, 0.5) is 0 Å². The minimum atomic E-state index is -1.31. The lowest BCUT2D eigenvalue weighted by atomic mass is 9.97. The Morgan fingerprint density at radius 1 is 0.943 bits per heavy atom. The molecule has 0 unspecified atom stereocenters. The fourth-order valence-electron chi connectivity index (χ4n) is 2.95. The van der Waals surface area contributed by atoms with Crippen LogP contribution in [0.3, 0.4) is 0 Å². The molecule has 3 atom stereocenters. The molecule has 0 heterocycles. The van der Waals surface area contributed by atoms with Crippen molar-refractivity contribution in [3.63, 3.8) is 0 Å². The molecule has 1 aromatic carbocycles. The number of benzene rings is 1. The number of rotatable bonds is 16. The molecule has 196 valence electrons. The highest BCUT2D eigenvalue weighted by molar-refractivity contribution is 8.17. The highest BCUT2D eigenvalue weighted by Crippen LogP contribution is 2.34. The topological polar surface area (TPSA) is 96.0 Å². The smallest absolute Gasteiger partial charge is 0.311 e. The number of aldehydes is 1. The molecular weight excluding hydrogens is 488 g/mol. The van der Waals surface area contributed by atoms with E-state index in [1.165, 1.54) is 6.92 Å². The second-order valence-electron chi connectivity index (χ2n) is 8.95. The first-order valence-electron chi connectivity index (χ1n) is 11.8. The average molecular weight is 527 g/mol. The molecule has 0 saturated heterocycles. The maximum absolute atomic E-state index is 12.9. The molecule has 0 N–H and O–H groups in total. The van der Waals surface area contributed by atoms with Crippen LogP contribution in [-0.2, 0) is 40.0 Å². The van der Waals surface area contributed by atoms with Crippen LogP contribution in [0, 0.1) is 5.41 Å². The predicted molar refractivity (Wildman–Crippen MR) is 140 cm³/mol. The molecule has 0 saturated carbocycles. The second kappa shape index (κ2) is 16.0. The van der Waals surface area contributed by atoms with Crippen LogP contribution in [0.25, 0.3) is 0 Å². The van der Waals surface area contributed by atoms with Crippen molar-refractivity contribution in [2.75, 3.05) is 11.5 Å². The zero-order chi connectivity index (χ0) is 26.4. The Balaban J connectivity index is 3.36. The molecule has 0 fully saturated rings. The molecule has 0 aliphatic heterocycles. The summed E-state index contributed by atoms with van der Waals surface area (Å²) in [5, 5.41) is 0. The van der Waals surface area contributed by atoms with Gasteiger partial charge in [0.1, 0.15) is 11.9 Å². The molecular formula is C26H38O7S2. The van der Waals surface area contributed by atoms with E-state index in [0.29, 0.717) is 6.29 Å². The van der Waals surface area contributed by atoms with Crippen molar-refractivity contribution < 1.29 is 33.4 Å². The first-order valence-corrected chi connectivity index (χ1v) is 13.9. The van der Waals surface area contributed by atoms with Gasteiger partial charge in [-0.05, 0) is 44.8 Å². The van der Waals surface area contributed by atoms with E-state index in [-0.39, 0.29) is 29.8 Å². The van der Waals surface area contributed by atoms with Gasteiger partial charge < -0.3 is 19.0 Å². The third kappa shape index (κ3) is 11.6. The number of carbonyl (C=O) groups excluding carboxylic acids is 4. The van der Waals surface area contributed by atoms with Gasteiger partial charge >= 0.3 is 11.9 Å². The monoisotopic (exact) mass is 526 g/mol. The summed E-state index contributed by atoms with van der Waals surface area (Å²) in [5.41, 5.74) is 0.0730. The molecule has 1 rings (SSSR count). The Morgan fingerprint density at radius 2 is 1.54 bits per heavy atom. The first-order chi connectivity index (χ1) is 16.5. The number of Topliss-reactive ketones (excluding diaryl/α,β-unsaturated/α-hetero) is 1. The van der Waals surface area contributed by atoms with E-state index < -0.39 is 35.7 Å². The zero-order valence-electron chi connectivity index (χ0n) is 21.5. The highest BCUT2D eigenvalue weighted by atomic mass is 32.2. The van der Waals surface area contributed by atoms with Crippen molar-refractivity contribution in [2.24, 2.45) is 5.41 Å². The largest absolute Gasteiger partial charge is 0.457 e. The Hall–Kier alpha value is -1.84. The Bertz CT molecular complexity index is 802. The van der Waals surface area contributed by atoms with E-state index in [1.54, 1.807) is 44.3 Å². The number of thioether (sulfide) groups is 2. The molecule has 0 aliphatic rings. The van der Waals surface area contributed by atoms with Gasteiger partial charge in [0.2, 0.25) is 0 Å². The second-order valence-corrected chi connectivity index (χ2v) is 12.1. The van der Waals surface area contributed by atoms with Gasteiger partial charge in [-0.15, -0.1) is 23.5 Å². The molecule has 7 nitrogen and oxygen atoms in total. The van der Waals surface area contributed by atoms with E-state index in [0.717, 1.165) is 17.1 Å². The summed E-state index contributed by atoms with van der Waals surface area (Å²) in [6, 6.07) is 9.37. The van der Waals surface area contributed by atoms with E-state index in [2.05, 4.69) is 0 Å². The van der Waals surface area contributed by atoms with Crippen molar-refractivity contribution in [1.29, 1.82) is 0 Å². The molecule has 0 spiro atoms. The van der Waals surface area contributed by atoms with Gasteiger partial charge in [-0.25, -0.2) is 0 Å². The van der Waals surface area contributed by atoms with Gasteiger partial charge in [-0.3, -0.25) is 14.4 Å². The zero-order valence-corrected chi connectivity index (χ0v) is 23.1. The molecule has 35 heavy (non-hydrogen) atoms. The molecule has 0 bridgehead atoms. The van der Waals surface area contributed by atoms with Crippen molar-refractivity contribution in [1.82, 2.24) is 0 Å².